The van der Waals surface area contributed by atoms with Crippen LogP contribution in [0.15, 0.2) is 91.0 Å². The highest BCUT2D eigenvalue weighted by atomic mass is 32.2. The van der Waals surface area contributed by atoms with Crippen LogP contribution in [-0.2, 0) is 9.54 Å². The van der Waals surface area contributed by atoms with Gasteiger partial charge in [-0.3, -0.25) is 4.79 Å². The monoisotopic (exact) mass is 391 g/mol. The minimum atomic E-state index is -0.822. The highest BCUT2D eigenvalue weighted by molar-refractivity contribution is 8.00. The number of carboxylic acids is 1. The Morgan fingerprint density at radius 3 is 1.57 bits per heavy atom. The Bertz CT molecular complexity index is 772. The van der Waals surface area contributed by atoms with Crippen molar-refractivity contribution in [1.82, 2.24) is 5.32 Å². The molecule has 0 amide bonds. The molecule has 3 aromatic rings. The molecule has 0 aromatic heterocycles. The minimum Gasteiger partial charge on any atom is -0.480 e. The van der Waals surface area contributed by atoms with E-state index in [1.54, 1.807) is 11.8 Å². The van der Waals surface area contributed by atoms with Gasteiger partial charge in [0.25, 0.3) is 0 Å². The fraction of sp³-hybridized carbons (Fsp3) is 0.208. The van der Waals surface area contributed by atoms with Crippen LogP contribution in [0.2, 0.25) is 0 Å². The lowest BCUT2D eigenvalue weighted by atomic mass is 9.84. The van der Waals surface area contributed by atoms with E-state index in [-0.39, 0.29) is 0 Å². The van der Waals surface area contributed by atoms with E-state index in [0.717, 1.165) is 16.7 Å². The van der Waals surface area contributed by atoms with Crippen molar-refractivity contribution in [2.24, 2.45) is 0 Å². The van der Waals surface area contributed by atoms with Crippen LogP contribution in [0.25, 0.3) is 0 Å². The SMILES string of the molecule is CCN[C@@H](CSC(c1ccccc1)(c1ccccc1)c1ccccc1)C(=O)O. The maximum absolute atomic E-state index is 11.7. The summed E-state index contributed by atoms with van der Waals surface area (Å²) < 4.78 is -0.493. The average Bonchev–Trinajstić information content (AvgIpc) is 2.75. The van der Waals surface area contributed by atoms with Gasteiger partial charge in [-0.2, -0.15) is 0 Å². The minimum absolute atomic E-state index is 0.446. The Morgan fingerprint density at radius 2 is 1.25 bits per heavy atom. The van der Waals surface area contributed by atoms with Gasteiger partial charge in [0.15, 0.2) is 0 Å². The summed E-state index contributed by atoms with van der Waals surface area (Å²) in [7, 11) is 0. The highest BCUT2D eigenvalue weighted by Crippen LogP contribution is 2.48. The largest absolute Gasteiger partial charge is 0.480 e. The number of thioether (sulfide) groups is 1. The van der Waals surface area contributed by atoms with Gasteiger partial charge in [-0.05, 0) is 23.2 Å². The molecule has 3 nitrogen and oxygen atoms in total. The summed E-state index contributed by atoms with van der Waals surface area (Å²) in [5, 5.41) is 12.7. The van der Waals surface area contributed by atoms with Crippen LogP contribution in [0.1, 0.15) is 23.6 Å². The number of benzene rings is 3. The molecule has 144 valence electrons. The fourth-order valence-electron chi connectivity index (χ4n) is 3.44. The molecule has 0 radical (unpaired) electrons. The second kappa shape index (κ2) is 9.58. The number of nitrogens with one attached hydrogen (secondary N) is 1. The molecular formula is C24H25NO2S. The van der Waals surface area contributed by atoms with E-state index in [1.165, 1.54) is 0 Å². The number of carboxylic acid groups (broad SMARTS) is 1. The Morgan fingerprint density at radius 1 is 0.857 bits per heavy atom. The first-order chi connectivity index (χ1) is 13.7. The summed E-state index contributed by atoms with van der Waals surface area (Å²) >= 11 is 1.66. The van der Waals surface area contributed by atoms with Gasteiger partial charge in [-0.25, -0.2) is 0 Å². The van der Waals surface area contributed by atoms with Crippen molar-refractivity contribution in [3.05, 3.63) is 108 Å². The molecule has 0 aliphatic carbocycles. The van der Waals surface area contributed by atoms with Gasteiger partial charge in [-0.1, -0.05) is 97.9 Å². The third-order valence-electron chi connectivity index (χ3n) is 4.76. The van der Waals surface area contributed by atoms with E-state index in [2.05, 4.69) is 41.7 Å². The van der Waals surface area contributed by atoms with Crippen LogP contribution >= 0.6 is 11.8 Å². The van der Waals surface area contributed by atoms with E-state index >= 15 is 0 Å². The fourth-order valence-corrected chi connectivity index (χ4v) is 5.03. The first-order valence-corrected chi connectivity index (χ1v) is 10.4. The van der Waals surface area contributed by atoms with Crippen LogP contribution in [0.5, 0.6) is 0 Å². The van der Waals surface area contributed by atoms with E-state index in [0.29, 0.717) is 12.3 Å². The first kappa shape index (κ1) is 20.2. The standard InChI is InChI=1S/C24H25NO2S/c1-2-25-22(23(26)27)18-28-24(19-12-6-3-7-13-19,20-14-8-4-9-15-20)21-16-10-5-11-17-21/h3-17,22,25H,2,18H2,1H3,(H,26,27)/t22-/m0/s1. The number of carbonyl (C=O) groups is 1. The van der Waals surface area contributed by atoms with Gasteiger partial charge >= 0.3 is 5.97 Å². The van der Waals surface area contributed by atoms with Gasteiger partial charge in [0.1, 0.15) is 6.04 Å². The predicted molar refractivity (Wildman–Crippen MR) is 117 cm³/mol. The lowest BCUT2D eigenvalue weighted by Crippen LogP contribution is -2.40. The van der Waals surface area contributed by atoms with E-state index in [9.17, 15) is 9.90 Å². The lowest BCUT2D eigenvalue weighted by Gasteiger charge is -2.36. The summed E-state index contributed by atoms with van der Waals surface area (Å²) in [5.74, 6) is -0.376. The Kier molecular flexibility index (Phi) is 6.90. The van der Waals surface area contributed by atoms with Gasteiger partial charge in [-0.15, -0.1) is 11.8 Å². The zero-order valence-electron chi connectivity index (χ0n) is 15.9. The Hall–Kier alpha value is -2.56. The summed E-state index contributed by atoms with van der Waals surface area (Å²) in [6, 6.07) is 30.4. The summed E-state index contributed by atoms with van der Waals surface area (Å²) in [6.45, 7) is 2.55. The molecule has 0 bridgehead atoms. The van der Waals surface area contributed by atoms with Gasteiger partial charge in [0.05, 0.1) is 4.75 Å². The molecule has 0 saturated carbocycles. The molecule has 28 heavy (non-hydrogen) atoms. The molecule has 0 fully saturated rings. The van der Waals surface area contributed by atoms with Crippen molar-refractivity contribution in [2.45, 2.75) is 17.7 Å². The zero-order valence-corrected chi connectivity index (χ0v) is 16.7. The van der Waals surface area contributed by atoms with Crippen molar-refractivity contribution in [1.29, 1.82) is 0 Å². The third-order valence-corrected chi connectivity index (χ3v) is 6.40. The summed E-state index contributed by atoms with van der Waals surface area (Å²) in [4.78, 5) is 11.7. The van der Waals surface area contributed by atoms with Crippen molar-refractivity contribution in [3.63, 3.8) is 0 Å². The zero-order chi connectivity index (χ0) is 19.8. The van der Waals surface area contributed by atoms with Gasteiger partial charge in [0.2, 0.25) is 0 Å². The summed E-state index contributed by atoms with van der Waals surface area (Å²) in [5.41, 5.74) is 3.41. The maximum Gasteiger partial charge on any atom is 0.321 e. The molecule has 0 saturated heterocycles. The second-order valence-electron chi connectivity index (χ2n) is 6.54. The van der Waals surface area contributed by atoms with E-state index in [4.69, 9.17) is 0 Å². The normalized spacial score (nSPS) is 12.5. The Balaban J connectivity index is 2.15. The topological polar surface area (TPSA) is 49.3 Å². The lowest BCUT2D eigenvalue weighted by molar-refractivity contribution is -0.138. The molecule has 0 unspecified atom stereocenters. The van der Waals surface area contributed by atoms with Crippen molar-refractivity contribution >= 4 is 17.7 Å². The maximum atomic E-state index is 11.7. The molecule has 0 aliphatic rings. The number of aliphatic carboxylic acids is 1. The second-order valence-corrected chi connectivity index (χ2v) is 7.77. The molecule has 3 aromatic carbocycles. The Labute approximate surface area is 170 Å². The van der Waals surface area contributed by atoms with Gasteiger partial charge < -0.3 is 10.4 Å². The molecular weight excluding hydrogens is 366 g/mol. The highest BCUT2D eigenvalue weighted by Gasteiger charge is 2.38. The predicted octanol–water partition coefficient (Wildman–Crippen LogP) is 4.77. The molecule has 2 N–H and O–H groups in total. The van der Waals surface area contributed by atoms with Crippen LogP contribution in [0.3, 0.4) is 0 Å². The van der Waals surface area contributed by atoms with Crippen LogP contribution < -0.4 is 5.32 Å². The molecule has 1 atom stereocenters. The molecule has 0 aliphatic heterocycles. The summed E-state index contributed by atoms with van der Waals surface area (Å²) in [6.07, 6.45) is 0. The van der Waals surface area contributed by atoms with Gasteiger partial charge in [0, 0.05) is 5.75 Å². The number of hydrogen-bond acceptors (Lipinski definition) is 3. The quantitative estimate of drug-likeness (QED) is 0.516. The van der Waals surface area contributed by atoms with Crippen molar-refractivity contribution < 1.29 is 9.90 Å². The smallest absolute Gasteiger partial charge is 0.321 e. The third kappa shape index (κ3) is 4.29. The number of likely N-dealkylation sites (N-methyl/N-ethyl adjacent to an activating group) is 1. The first-order valence-electron chi connectivity index (χ1n) is 9.45. The molecule has 0 heterocycles. The van der Waals surface area contributed by atoms with E-state index < -0.39 is 16.8 Å². The number of rotatable bonds is 9. The molecule has 3 rings (SSSR count). The van der Waals surface area contributed by atoms with Crippen molar-refractivity contribution in [2.75, 3.05) is 12.3 Å². The van der Waals surface area contributed by atoms with E-state index in [1.807, 2.05) is 61.5 Å². The van der Waals surface area contributed by atoms with Crippen molar-refractivity contribution in [3.8, 4) is 0 Å². The average molecular weight is 392 g/mol. The van der Waals surface area contributed by atoms with Crippen LogP contribution in [0.4, 0.5) is 0 Å². The van der Waals surface area contributed by atoms with Crippen LogP contribution in [-0.4, -0.2) is 29.4 Å². The molecule has 0 spiro atoms. The molecule has 4 heteroatoms. The number of hydrogen-bond donors (Lipinski definition) is 2. The van der Waals surface area contributed by atoms with Crippen LogP contribution in [0, 0.1) is 0 Å².